The van der Waals surface area contributed by atoms with Crippen LogP contribution in [0, 0.1) is 5.92 Å². The number of hydrogen-bond acceptors (Lipinski definition) is 11. The molecule has 0 aromatic heterocycles. The van der Waals surface area contributed by atoms with E-state index >= 15 is 0 Å². The number of nitrogens with one attached hydrogen (secondary N) is 1. The van der Waals surface area contributed by atoms with Gasteiger partial charge in [-0.1, -0.05) is 56.2 Å². The van der Waals surface area contributed by atoms with Crippen LogP contribution in [0.1, 0.15) is 72.8 Å². The Morgan fingerprint density at radius 1 is 1.29 bits per heavy atom. The van der Waals surface area contributed by atoms with Crippen LogP contribution in [0.4, 0.5) is 10.5 Å². The van der Waals surface area contributed by atoms with Crippen molar-refractivity contribution in [3.8, 4) is 5.75 Å². The SMILES string of the molecule is COc1cc2cc(c1Cl)N(C)C(=O)CC(OC(=O)[C@H](C)N(C)C(=O)CCC(C)(C)S)C1(C)OC1C(C)C1CC(O)(NC(=O)O1)C(O)/C=C/C=C(\C)C2. The molecule has 0 saturated carbocycles. The first-order chi connectivity index (χ1) is 24.1. The van der Waals surface area contributed by atoms with Crippen molar-refractivity contribution in [2.24, 2.45) is 5.92 Å². The Balaban J connectivity index is 1.73. The zero-order chi connectivity index (χ0) is 38.9. The molecule has 2 saturated heterocycles. The fourth-order valence-electron chi connectivity index (χ4n) is 6.55. The number of halogens is 1. The first-order valence-corrected chi connectivity index (χ1v) is 18.1. The van der Waals surface area contributed by atoms with Crippen LogP contribution in [0.15, 0.2) is 35.9 Å². The molecule has 3 aliphatic heterocycles. The Hall–Kier alpha value is -3.30. The van der Waals surface area contributed by atoms with E-state index in [1.54, 1.807) is 52.1 Å². The van der Waals surface area contributed by atoms with Gasteiger partial charge in [0.2, 0.25) is 11.8 Å². The molecule has 4 rings (SSSR count). The standard InChI is InChI=1S/C37H52ClN3O10S/c1-20-11-10-12-27(42)37(47)19-26(49-34(46)39-37)21(2)32-36(6,51-32)28(50-33(45)22(3)40(7)29(43)13-14-35(4,5)52)18-30(44)41(8)24-16-23(15-20)17-25(48-9)31(24)38/h10-12,16-17,21-22,26-28,32,42,47,52H,13-15,18-19H2,1-9H3,(H,39,46)/b12-10+,20-11+/t21?,22-,26?,27?,28?,32?,36?,37?/m0/s1. The number of thiol groups is 1. The average molecular weight is 766 g/mol. The van der Waals surface area contributed by atoms with E-state index in [1.165, 1.54) is 30.0 Å². The van der Waals surface area contributed by atoms with E-state index in [2.05, 4.69) is 17.9 Å². The first-order valence-electron chi connectivity index (χ1n) is 17.3. The predicted octanol–water partition coefficient (Wildman–Crippen LogP) is 4.35. The number of fused-ring (bicyclic) bond motifs is 5. The number of ether oxygens (including phenoxy) is 4. The van der Waals surface area contributed by atoms with Crippen LogP contribution >= 0.6 is 24.2 Å². The number of epoxide rings is 1. The van der Waals surface area contributed by atoms with Gasteiger partial charge >= 0.3 is 12.1 Å². The van der Waals surface area contributed by atoms with Gasteiger partial charge in [0, 0.05) is 37.6 Å². The third kappa shape index (κ3) is 9.43. The highest BCUT2D eigenvalue weighted by Gasteiger charge is 2.64. The number of anilines is 1. The molecule has 0 aliphatic carbocycles. The number of methoxy groups -OCH3 is 1. The quantitative estimate of drug-likeness (QED) is 0.178. The van der Waals surface area contributed by atoms with Crippen molar-refractivity contribution in [2.75, 3.05) is 26.1 Å². The van der Waals surface area contributed by atoms with Crippen molar-refractivity contribution < 1.29 is 48.3 Å². The molecule has 0 spiro atoms. The number of likely N-dealkylation sites (N-methyl/N-ethyl adjacent to an activating group) is 1. The summed E-state index contributed by atoms with van der Waals surface area (Å²) < 4.78 is 23.0. The summed E-state index contributed by atoms with van der Waals surface area (Å²) in [5.41, 5.74) is -1.30. The molecule has 7 unspecified atom stereocenters. The number of esters is 1. The van der Waals surface area contributed by atoms with Gasteiger partial charge in [0.15, 0.2) is 5.72 Å². The molecule has 3 amide bonds. The molecule has 3 N–H and O–H groups in total. The minimum Gasteiger partial charge on any atom is -0.495 e. The lowest BCUT2D eigenvalue weighted by molar-refractivity contribution is -0.162. The van der Waals surface area contributed by atoms with Gasteiger partial charge in [0.05, 0.1) is 25.3 Å². The van der Waals surface area contributed by atoms with E-state index in [0.29, 0.717) is 24.3 Å². The second-order valence-corrected chi connectivity index (χ2v) is 16.6. The minimum absolute atomic E-state index is 0.169. The number of aliphatic hydroxyl groups excluding tert-OH is 1. The Morgan fingerprint density at radius 3 is 2.60 bits per heavy atom. The van der Waals surface area contributed by atoms with Gasteiger partial charge in [0.1, 0.15) is 40.7 Å². The van der Waals surface area contributed by atoms with Crippen molar-refractivity contribution in [2.45, 2.75) is 120 Å². The van der Waals surface area contributed by atoms with Gasteiger partial charge in [-0.05, 0) is 51.3 Å². The Bertz CT molecular complexity index is 1610. The third-order valence-electron chi connectivity index (χ3n) is 10.2. The smallest absolute Gasteiger partial charge is 0.409 e. The van der Waals surface area contributed by atoms with Crippen LogP contribution in [0.2, 0.25) is 5.02 Å². The van der Waals surface area contributed by atoms with Crippen LogP contribution < -0.4 is 15.0 Å². The van der Waals surface area contributed by atoms with Crippen LogP contribution in [0.3, 0.4) is 0 Å². The number of alkyl carbamates (subject to hydrolysis) is 1. The van der Waals surface area contributed by atoms with E-state index in [9.17, 15) is 29.4 Å². The van der Waals surface area contributed by atoms with E-state index < -0.39 is 65.7 Å². The van der Waals surface area contributed by atoms with E-state index in [-0.39, 0.29) is 34.9 Å². The Kier molecular flexibility index (Phi) is 12.7. The van der Waals surface area contributed by atoms with Gasteiger partial charge in [-0.2, -0.15) is 12.6 Å². The lowest BCUT2D eigenvalue weighted by atomic mass is 9.83. The maximum atomic E-state index is 14.1. The molecule has 8 atom stereocenters. The van der Waals surface area contributed by atoms with Crippen molar-refractivity contribution in [1.82, 2.24) is 10.2 Å². The number of allylic oxidation sites excluding steroid dienone is 3. The van der Waals surface area contributed by atoms with Gasteiger partial charge in [-0.15, -0.1) is 0 Å². The van der Waals surface area contributed by atoms with Gasteiger partial charge in [-0.3, -0.25) is 14.9 Å². The maximum Gasteiger partial charge on any atom is 0.409 e. The molecule has 0 radical (unpaired) electrons. The van der Waals surface area contributed by atoms with Crippen LogP contribution in [-0.4, -0.2) is 107 Å². The summed E-state index contributed by atoms with van der Waals surface area (Å²) in [7, 11) is 4.55. The van der Waals surface area contributed by atoms with Crippen LogP contribution in [0.5, 0.6) is 5.75 Å². The zero-order valence-electron chi connectivity index (χ0n) is 31.3. The first kappa shape index (κ1) is 41.5. The monoisotopic (exact) mass is 765 g/mol. The van der Waals surface area contributed by atoms with Crippen molar-refractivity contribution >= 4 is 53.8 Å². The molecule has 13 nitrogen and oxygen atoms in total. The largest absolute Gasteiger partial charge is 0.495 e. The van der Waals surface area contributed by atoms with Crippen LogP contribution in [-0.2, 0) is 35.0 Å². The summed E-state index contributed by atoms with van der Waals surface area (Å²) in [4.78, 5) is 56.1. The second kappa shape index (κ2) is 16.0. The van der Waals surface area contributed by atoms with E-state index in [0.717, 1.165) is 11.1 Å². The normalized spacial score (nSPS) is 31.9. The molecule has 15 heteroatoms. The lowest BCUT2D eigenvalue weighted by Crippen LogP contribution is -2.63. The van der Waals surface area contributed by atoms with E-state index in [4.69, 9.17) is 30.5 Å². The molecule has 3 heterocycles. The number of aliphatic hydroxyl groups is 2. The molecule has 288 valence electrons. The maximum absolute atomic E-state index is 14.1. The number of benzene rings is 1. The predicted molar refractivity (Wildman–Crippen MR) is 198 cm³/mol. The summed E-state index contributed by atoms with van der Waals surface area (Å²) in [5, 5.41) is 25.0. The third-order valence-corrected chi connectivity index (χ3v) is 10.9. The van der Waals surface area contributed by atoms with Crippen molar-refractivity contribution in [1.29, 1.82) is 0 Å². The van der Waals surface area contributed by atoms with Crippen LogP contribution in [0.25, 0.3) is 0 Å². The minimum atomic E-state index is -2.06. The number of carbonyl (C=O) groups excluding carboxylic acids is 4. The fourth-order valence-corrected chi connectivity index (χ4v) is 6.97. The van der Waals surface area contributed by atoms with Gasteiger partial charge in [0.25, 0.3) is 0 Å². The number of hydrogen-bond donors (Lipinski definition) is 4. The second-order valence-electron chi connectivity index (χ2n) is 15.0. The summed E-state index contributed by atoms with van der Waals surface area (Å²) >= 11 is 11.2. The van der Waals surface area contributed by atoms with Crippen molar-refractivity contribution in [3.05, 3.63) is 46.5 Å². The highest BCUT2D eigenvalue weighted by atomic mass is 35.5. The molecule has 52 heavy (non-hydrogen) atoms. The fraction of sp³-hybridized carbons (Fsp3) is 0.622. The molecule has 1 aromatic rings. The van der Waals surface area contributed by atoms with Gasteiger partial charge < -0.3 is 39.0 Å². The highest BCUT2D eigenvalue weighted by Crippen LogP contribution is 2.49. The summed E-state index contributed by atoms with van der Waals surface area (Å²) in [6, 6.07) is 2.52. The zero-order valence-corrected chi connectivity index (χ0v) is 32.9. The average Bonchev–Trinajstić information content (AvgIpc) is 3.76. The Labute approximate surface area is 316 Å². The van der Waals surface area contributed by atoms with E-state index in [1.807, 2.05) is 20.8 Å². The number of amides is 3. The Morgan fingerprint density at radius 2 is 1.96 bits per heavy atom. The number of nitrogens with zero attached hydrogens (tertiary/aromatic N) is 2. The van der Waals surface area contributed by atoms with Gasteiger partial charge in [-0.25, -0.2) is 9.59 Å². The molecule has 4 bridgehead atoms. The number of carbonyl (C=O) groups is 4. The topological polar surface area (TPSA) is 167 Å². The highest BCUT2D eigenvalue weighted by molar-refractivity contribution is 7.81. The summed E-state index contributed by atoms with van der Waals surface area (Å²) in [6.07, 6.45) is 0.0710. The molecule has 3 aliphatic rings. The molecular weight excluding hydrogens is 714 g/mol. The summed E-state index contributed by atoms with van der Waals surface area (Å²) in [6.45, 7) is 10.6. The molecule has 2 fully saturated rings. The van der Waals surface area contributed by atoms with Crippen molar-refractivity contribution in [3.63, 3.8) is 0 Å². The lowest BCUT2D eigenvalue weighted by Gasteiger charge is -2.41. The number of rotatable bonds is 7. The summed E-state index contributed by atoms with van der Waals surface area (Å²) in [5.74, 6) is -1.70. The molecule has 1 aromatic carbocycles. The molecular formula is C37H52ClN3O10S.